The smallest absolute Gasteiger partial charge is 0.410 e. The molecule has 0 bridgehead atoms. The molecule has 2 heterocycles. The Morgan fingerprint density at radius 2 is 1.87 bits per heavy atom. The third-order valence-electron chi connectivity index (χ3n) is 5.76. The normalized spacial score (nSPS) is 19.4. The molecule has 8 nitrogen and oxygen atoms in total. The number of aliphatic imine (C=N–C) groups is 1. The van der Waals surface area contributed by atoms with Crippen molar-refractivity contribution in [2.45, 2.75) is 71.5 Å². The van der Waals surface area contributed by atoms with Crippen molar-refractivity contribution in [1.29, 1.82) is 0 Å². The number of carbonyl (C=O) groups excluding carboxylic acids is 1. The van der Waals surface area contributed by atoms with E-state index in [1.165, 1.54) is 0 Å². The number of hydrogen-bond acceptors (Lipinski definition) is 5. The van der Waals surface area contributed by atoms with Gasteiger partial charge in [0.25, 0.3) is 0 Å². The number of amides is 1. The molecule has 180 valence electrons. The van der Waals surface area contributed by atoms with E-state index in [1.54, 1.807) is 0 Å². The number of nitrogens with one attached hydrogen (secondary N) is 1. The Balaban J connectivity index is 1.65. The van der Waals surface area contributed by atoms with Gasteiger partial charge < -0.3 is 29.3 Å². The Kier molecular flexibility index (Phi) is 10.9. The number of rotatable bonds is 8. The monoisotopic (exact) mass is 440 g/mol. The molecular formula is C23H44N4O4. The first kappa shape index (κ1) is 25.7. The van der Waals surface area contributed by atoms with Crippen LogP contribution in [-0.2, 0) is 14.2 Å². The summed E-state index contributed by atoms with van der Waals surface area (Å²) in [5.74, 6) is 1.46. The average Bonchev–Trinajstić information content (AvgIpc) is 2.74. The molecule has 0 aliphatic carbocycles. The Morgan fingerprint density at radius 1 is 1.19 bits per heavy atom. The molecule has 2 saturated heterocycles. The molecule has 0 saturated carbocycles. The van der Waals surface area contributed by atoms with Gasteiger partial charge in [0, 0.05) is 59.6 Å². The highest BCUT2D eigenvalue weighted by Gasteiger charge is 2.27. The van der Waals surface area contributed by atoms with Gasteiger partial charge in [-0.05, 0) is 65.7 Å². The summed E-state index contributed by atoms with van der Waals surface area (Å²) in [6, 6.07) is 0. The predicted molar refractivity (Wildman–Crippen MR) is 124 cm³/mol. The van der Waals surface area contributed by atoms with E-state index in [9.17, 15) is 4.79 Å². The minimum atomic E-state index is -0.456. The molecule has 2 rings (SSSR count). The highest BCUT2D eigenvalue weighted by atomic mass is 16.6. The molecule has 0 atom stereocenters. The van der Waals surface area contributed by atoms with Crippen LogP contribution in [0.4, 0.5) is 4.79 Å². The quantitative estimate of drug-likeness (QED) is 0.355. The summed E-state index contributed by atoms with van der Waals surface area (Å²) < 4.78 is 16.8. The Morgan fingerprint density at radius 3 is 2.45 bits per heavy atom. The van der Waals surface area contributed by atoms with Crippen LogP contribution >= 0.6 is 0 Å². The minimum absolute atomic E-state index is 0.210. The molecule has 0 aromatic heterocycles. The number of likely N-dealkylation sites (tertiary alicyclic amines) is 1. The van der Waals surface area contributed by atoms with Gasteiger partial charge in [-0.15, -0.1) is 0 Å². The van der Waals surface area contributed by atoms with Crippen molar-refractivity contribution in [3.05, 3.63) is 0 Å². The van der Waals surface area contributed by atoms with Gasteiger partial charge in [-0.25, -0.2) is 4.79 Å². The third kappa shape index (κ3) is 9.64. The van der Waals surface area contributed by atoms with Crippen molar-refractivity contribution in [1.82, 2.24) is 15.1 Å². The summed E-state index contributed by atoms with van der Waals surface area (Å²) in [6.07, 6.45) is 5.22. The Bertz CT molecular complexity index is 550. The molecule has 0 radical (unpaired) electrons. The molecule has 2 aliphatic heterocycles. The lowest BCUT2D eigenvalue weighted by molar-refractivity contribution is -0.0320. The molecule has 8 heteroatoms. The zero-order chi connectivity index (χ0) is 22.7. The van der Waals surface area contributed by atoms with Crippen LogP contribution in [0.2, 0.25) is 0 Å². The first-order valence-electron chi connectivity index (χ1n) is 11.9. The van der Waals surface area contributed by atoms with Gasteiger partial charge >= 0.3 is 6.09 Å². The second-order valence-electron chi connectivity index (χ2n) is 9.46. The topological polar surface area (TPSA) is 75.6 Å². The van der Waals surface area contributed by atoms with E-state index >= 15 is 0 Å². The highest BCUT2D eigenvalue weighted by Crippen LogP contribution is 2.20. The minimum Gasteiger partial charge on any atom is -0.444 e. The summed E-state index contributed by atoms with van der Waals surface area (Å²) in [4.78, 5) is 21.0. The second kappa shape index (κ2) is 13.1. The molecule has 0 aromatic rings. The molecule has 31 heavy (non-hydrogen) atoms. The maximum absolute atomic E-state index is 12.4. The second-order valence-corrected chi connectivity index (χ2v) is 9.46. The van der Waals surface area contributed by atoms with Crippen molar-refractivity contribution in [3.8, 4) is 0 Å². The van der Waals surface area contributed by atoms with Gasteiger partial charge in [0.05, 0.1) is 6.10 Å². The van der Waals surface area contributed by atoms with E-state index in [-0.39, 0.29) is 6.09 Å². The number of piperidine rings is 1. The van der Waals surface area contributed by atoms with Crippen LogP contribution in [0.15, 0.2) is 4.99 Å². The number of nitrogens with zero attached hydrogens (tertiary/aromatic N) is 3. The zero-order valence-electron chi connectivity index (χ0n) is 20.3. The summed E-state index contributed by atoms with van der Waals surface area (Å²) in [6.45, 7) is 14.3. The Hall–Kier alpha value is -1.54. The van der Waals surface area contributed by atoms with E-state index < -0.39 is 5.60 Å². The average molecular weight is 441 g/mol. The van der Waals surface area contributed by atoms with Crippen molar-refractivity contribution in [3.63, 3.8) is 0 Å². The van der Waals surface area contributed by atoms with E-state index in [0.717, 1.165) is 84.1 Å². The Labute approximate surface area is 188 Å². The maximum atomic E-state index is 12.4. The molecule has 0 spiro atoms. The molecule has 2 fully saturated rings. The predicted octanol–water partition coefficient (Wildman–Crippen LogP) is 3.12. The van der Waals surface area contributed by atoms with Crippen LogP contribution in [-0.4, -0.2) is 93.1 Å². The van der Waals surface area contributed by atoms with Crippen molar-refractivity contribution < 1.29 is 19.0 Å². The fourth-order valence-electron chi connectivity index (χ4n) is 4.00. The number of ether oxygens (including phenoxy) is 3. The zero-order valence-corrected chi connectivity index (χ0v) is 20.3. The first-order valence-corrected chi connectivity index (χ1v) is 11.9. The lowest BCUT2D eigenvalue weighted by Gasteiger charge is -2.36. The van der Waals surface area contributed by atoms with Gasteiger partial charge in [-0.2, -0.15) is 0 Å². The fraction of sp³-hybridized carbons (Fsp3) is 0.913. The SMILES string of the molecule is CCN(CC1CCN(C(=NC)NCCCOC2CCOCC2)CC1)C(=O)OC(C)(C)C. The molecule has 2 aliphatic rings. The summed E-state index contributed by atoms with van der Waals surface area (Å²) in [7, 11) is 1.84. The number of carbonyl (C=O) groups is 1. The standard InChI is InChI=1S/C23H44N4O4/c1-6-26(22(28)31-23(2,3)4)18-19-8-13-27(14-9-19)21(24-5)25-12-7-15-30-20-10-16-29-17-11-20/h19-20H,6-18H2,1-5H3,(H,24,25). The molecule has 1 N–H and O–H groups in total. The highest BCUT2D eigenvalue weighted by molar-refractivity contribution is 5.79. The summed E-state index contributed by atoms with van der Waals surface area (Å²) in [5.41, 5.74) is -0.456. The van der Waals surface area contributed by atoms with Gasteiger partial charge in [0.15, 0.2) is 5.96 Å². The number of guanidine groups is 1. The summed E-state index contributed by atoms with van der Waals surface area (Å²) >= 11 is 0. The lowest BCUT2D eigenvalue weighted by atomic mass is 9.96. The van der Waals surface area contributed by atoms with E-state index in [1.807, 2.05) is 39.6 Å². The van der Waals surface area contributed by atoms with Crippen LogP contribution in [0.25, 0.3) is 0 Å². The van der Waals surface area contributed by atoms with Crippen LogP contribution in [0.1, 0.15) is 59.8 Å². The molecule has 0 aromatic carbocycles. The summed E-state index contributed by atoms with van der Waals surface area (Å²) in [5, 5.41) is 3.47. The lowest BCUT2D eigenvalue weighted by Crippen LogP contribution is -2.48. The van der Waals surface area contributed by atoms with Gasteiger partial charge in [0.2, 0.25) is 0 Å². The molecule has 0 unspecified atom stereocenters. The van der Waals surface area contributed by atoms with Crippen LogP contribution < -0.4 is 5.32 Å². The van der Waals surface area contributed by atoms with Crippen molar-refractivity contribution in [2.24, 2.45) is 10.9 Å². The van der Waals surface area contributed by atoms with Crippen molar-refractivity contribution in [2.75, 3.05) is 59.6 Å². The third-order valence-corrected chi connectivity index (χ3v) is 5.76. The van der Waals surface area contributed by atoms with Gasteiger partial charge in [0.1, 0.15) is 5.60 Å². The van der Waals surface area contributed by atoms with Crippen LogP contribution in [0, 0.1) is 5.92 Å². The van der Waals surface area contributed by atoms with E-state index in [4.69, 9.17) is 14.2 Å². The van der Waals surface area contributed by atoms with Crippen LogP contribution in [0.3, 0.4) is 0 Å². The first-order chi connectivity index (χ1) is 14.8. The molecular weight excluding hydrogens is 396 g/mol. The number of hydrogen-bond donors (Lipinski definition) is 1. The van der Waals surface area contributed by atoms with Crippen molar-refractivity contribution >= 4 is 12.1 Å². The van der Waals surface area contributed by atoms with E-state index in [2.05, 4.69) is 15.2 Å². The molecule has 1 amide bonds. The maximum Gasteiger partial charge on any atom is 0.410 e. The van der Waals surface area contributed by atoms with E-state index in [0.29, 0.717) is 18.6 Å². The van der Waals surface area contributed by atoms with Gasteiger partial charge in [-0.1, -0.05) is 0 Å². The fourth-order valence-corrected chi connectivity index (χ4v) is 4.00. The van der Waals surface area contributed by atoms with Crippen LogP contribution in [0.5, 0.6) is 0 Å². The van der Waals surface area contributed by atoms with Gasteiger partial charge in [-0.3, -0.25) is 4.99 Å². The largest absolute Gasteiger partial charge is 0.444 e.